The van der Waals surface area contributed by atoms with Gasteiger partial charge in [-0.3, -0.25) is 19.8 Å². The zero-order valence-electron chi connectivity index (χ0n) is 25.1. The number of hydrogen-bond donors (Lipinski definition) is 8. The molecule has 18 heteroatoms. The molecule has 0 radical (unpaired) electrons. The van der Waals surface area contributed by atoms with Gasteiger partial charge in [0, 0.05) is 17.6 Å². The van der Waals surface area contributed by atoms with E-state index >= 15 is 0 Å². The number of benzene rings is 1. The molecule has 2 rings (SSSR count). The molecule has 2 aromatic rings. The van der Waals surface area contributed by atoms with E-state index in [1.54, 1.807) is 18.2 Å². The van der Waals surface area contributed by atoms with Gasteiger partial charge in [-0.1, -0.05) is 29.3 Å². The van der Waals surface area contributed by atoms with E-state index in [-0.39, 0.29) is 60.7 Å². The number of amides is 3. The standard InChI is InChI=1S/C28H39Cl2N5O9S2/c1-46(42,43)12-10-20(28(41)35-21(15-37)27(40)33-13-18-6-8-22(45-18)26(31)32)34-23(39)9-5-16-4-7-19(29)24(30)25(16)44-11-2-3-17(38)14-36/h4,6-8,17,20-21,36-38H,2-3,5,9-15H2,1H3,(H3,31,32)(H,33,40)(H,34,39)(H,35,41)/t17?,20-,21-/m0/s1. The van der Waals surface area contributed by atoms with Gasteiger partial charge in [0.15, 0.2) is 0 Å². The van der Waals surface area contributed by atoms with Crippen molar-refractivity contribution in [2.75, 3.05) is 31.8 Å². The van der Waals surface area contributed by atoms with Crippen LogP contribution in [0.2, 0.25) is 10.0 Å². The number of aryl methyl sites for hydroxylation is 1. The summed E-state index contributed by atoms with van der Waals surface area (Å²) < 4.78 is 29.4. The molecule has 256 valence electrons. The molecule has 3 atom stereocenters. The fourth-order valence-corrected chi connectivity index (χ4v) is 5.87. The predicted octanol–water partition coefficient (Wildman–Crippen LogP) is 0.497. The number of amidine groups is 1. The number of aliphatic hydroxyl groups is 3. The van der Waals surface area contributed by atoms with E-state index in [0.717, 1.165) is 6.26 Å². The van der Waals surface area contributed by atoms with Gasteiger partial charge in [-0.15, -0.1) is 11.3 Å². The topological polar surface area (TPSA) is 241 Å². The van der Waals surface area contributed by atoms with E-state index in [2.05, 4.69) is 16.0 Å². The van der Waals surface area contributed by atoms with Crippen LogP contribution in [0, 0.1) is 5.41 Å². The molecule has 1 unspecified atom stereocenters. The summed E-state index contributed by atoms with van der Waals surface area (Å²) in [5, 5.41) is 43.5. The second-order valence-electron chi connectivity index (χ2n) is 10.4. The summed E-state index contributed by atoms with van der Waals surface area (Å²) in [4.78, 5) is 39.9. The maximum Gasteiger partial charge on any atom is 0.245 e. The zero-order valence-corrected chi connectivity index (χ0v) is 28.2. The smallest absolute Gasteiger partial charge is 0.245 e. The number of hydrogen-bond acceptors (Lipinski definition) is 11. The number of aliphatic hydroxyl groups excluding tert-OH is 3. The number of carbonyl (C=O) groups is 3. The molecule has 3 amide bonds. The Hall–Kier alpha value is -2.99. The molecular weight excluding hydrogens is 685 g/mol. The fourth-order valence-electron chi connectivity index (χ4n) is 4.01. The minimum Gasteiger partial charge on any atom is -0.492 e. The number of sulfone groups is 1. The zero-order chi connectivity index (χ0) is 34.4. The number of ether oxygens (including phenoxy) is 1. The first-order chi connectivity index (χ1) is 21.6. The molecule has 9 N–H and O–H groups in total. The Kier molecular flexibility index (Phi) is 16.2. The van der Waals surface area contributed by atoms with Crippen LogP contribution in [-0.4, -0.2) is 97.3 Å². The van der Waals surface area contributed by atoms with E-state index in [4.69, 9.17) is 44.2 Å². The first-order valence-corrected chi connectivity index (χ1v) is 17.8. The molecule has 0 bridgehead atoms. The highest BCUT2D eigenvalue weighted by molar-refractivity contribution is 7.90. The predicted molar refractivity (Wildman–Crippen MR) is 175 cm³/mol. The first kappa shape index (κ1) is 39.2. The van der Waals surface area contributed by atoms with Crippen LogP contribution in [0.15, 0.2) is 24.3 Å². The van der Waals surface area contributed by atoms with E-state index in [9.17, 15) is 33.0 Å². The van der Waals surface area contributed by atoms with Gasteiger partial charge in [-0.2, -0.15) is 0 Å². The maximum absolute atomic E-state index is 13.1. The highest BCUT2D eigenvalue weighted by atomic mass is 35.5. The third kappa shape index (κ3) is 13.4. The molecule has 14 nitrogen and oxygen atoms in total. The van der Waals surface area contributed by atoms with Crippen LogP contribution < -0.4 is 26.4 Å². The monoisotopic (exact) mass is 723 g/mol. The normalized spacial score (nSPS) is 13.3. The van der Waals surface area contributed by atoms with E-state index < -0.39 is 58.1 Å². The van der Waals surface area contributed by atoms with Crippen molar-refractivity contribution in [1.82, 2.24) is 16.0 Å². The molecule has 0 saturated carbocycles. The van der Waals surface area contributed by atoms with Gasteiger partial charge in [-0.05, 0) is 49.4 Å². The van der Waals surface area contributed by atoms with Crippen LogP contribution in [0.25, 0.3) is 0 Å². The van der Waals surface area contributed by atoms with Gasteiger partial charge in [0.2, 0.25) is 17.7 Å². The first-order valence-electron chi connectivity index (χ1n) is 14.1. The lowest BCUT2D eigenvalue weighted by Crippen LogP contribution is -2.55. The highest BCUT2D eigenvalue weighted by Crippen LogP contribution is 2.36. The number of rotatable bonds is 20. The van der Waals surface area contributed by atoms with E-state index in [1.807, 2.05) is 0 Å². The molecule has 0 aliphatic heterocycles. The molecule has 0 saturated heterocycles. The second-order valence-corrected chi connectivity index (χ2v) is 14.6. The third-order valence-corrected chi connectivity index (χ3v) is 9.38. The lowest BCUT2D eigenvalue weighted by atomic mass is 10.1. The Morgan fingerprint density at radius 2 is 1.76 bits per heavy atom. The molecule has 0 spiro atoms. The van der Waals surface area contributed by atoms with Crippen molar-refractivity contribution in [3.05, 3.63) is 49.6 Å². The maximum atomic E-state index is 13.1. The van der Waals surface area contributed by atoms with Crippen molar-refractivity contribution in [3.63, 3.8) is 0 Å². The van der Waals surface area contributed by atoms with Gasteiger partial charge in [0.05, 0.1) is 48.1 Å². The summed E-state index contributed by atoms with van der Waals surface area (Å²) in [6.45, 7) is -0.958. The summed E-state index contributed by atoms with van der Waals surface area (Å²) >= 11 is 13.7. The van der Waals surface area contributed by atoms with Gasteiger partial charge >= 0.3 is 0 Å². The van der Waals surface area contributed by atoms with Crippen LogP contribution in [0.4, 0.5) is 0 Å². The number of thiophene rings is 1. The van der Waals surface area contributed by atoms with Crippen molar-refractivity contribution in [3.8, 4) is 5.75 Å². The van der Waals surface area contributed by atoms with Crippen molar-refractivity contribution < 1.29 is 42.9 Å². The molecule has 0 aliphatic rings. The van der Waals surface area contributed by atoms with Gasteiger partial charge in [0.25, 0.3) is 0 Å². The molecule has 0 aliphatic carbocycles. The van der Waals surface area contributed by atoms with Gasteiger partial charge in [-0.25, -0.2) is 8.42 Å². The van der Waals surface area contributed by atoms with Gasteiger partial charge < -0.3 is 41.7 Å². The molecule has 1 aromatic carbocycles. The van der Waals surface area contributed by atoms with Crippen molar-refractivity contribution in [2.24, 2.45) is 5.73 Å². The van der Waals surface area contributed by atoms with Crippen LogP contribution >= 0.6 is 34.5 Å². The Balaban J connectivity index is 2.06. The average molecular weight is 725 g/mol. The Morgan fingerprint density at radius 1 is 1.04 bits per heavy atom. The van der Waals surface area contributed by atoms with E-state index in [0.29, 0.717) is 28.2 Å². The summed E-state index contributed by atoms with van der Waals surface area (Å²) in [6.07, 6.45) is 0.444. The summed E-state index contributed by atoms with van der Waals surface area (Å²) in [7, 11) is -3.53. The van der Waals surface area contributed by atoms with Crippen LogP contribution in [0.5, 0.6) is 5.75 Å². The Morgan fingerprint density at radius 3 is 2.37 bits per heavy atom. The Bertz CT molecular complexity index is 1470. The lowest BCUT2D eigenvalue weighted by molar-refractivity contribution is -0.132. The summed E-state index contributed by atoms with van der Waals surface area (Å²) in [5.74, 6) is -2.52. The minimum atomic E-state index is -3.53. The highest BCUT2D eigenvalue weighted by Gasteiger charge is 2.27. The van der Waals surface area contributed by atoms with Crippen molar-refractivity contribution in [1.29, 1.82) is 5.41 Å². The average Bonchev–Trinajstić information content (AvgIpc) is 3.49. The number of nitrogens with one attached hydrogen (secondary N) is 4. The summed E-state index contributed by atoms with van der Waals surface area (Å²) in [5.41, 5.74) is 5.98. The Labute approximate surface area is 281 Å². The SMILES string of the molecule is CS(=O)(=O)CC[C@H](NC(=O)CCc1ccc(Cl)c(Cl)c1OCCCC(O)CO)C(=O)N[C@@H](CO)C(=O)NCc1ccc(C(=N)N)s1. The summed E-state index contributed by atoms with van der Waals surface area (Å²) in [6, 6.07) is 3.70. The third-order valence-electron chi connectivity index (χ3n) is 6.50. The number of nitrogen functional groups attached to an aromatic ring is 1. The molecule has 0 fully saturated rings. The quantitative estimate of drug-likeness (QED) is 0.0534. The number of nitrogens with two attached hydrogens (primary N) is 1. The largest absolute Gasteiger partial charge is 0.492 e. The van der Waals surface area contributed by atoms with Crippen LogP contribution in [0.3, 0.4) is 0 Å². The van der Waals surface area contributed by atoms with Crippen LogP contribution in [0.1, 0.15) is 41.0 Å². The fraction of sp³-hybridized carbons (Fsp3) is 0.500. The lowest BCUT2D eigenvalue weighted by Gasteiger charge is -2.22. The molecular formula is C28H39Cl2N5O9S2. The molecule has 1 heterocycles. The van der Waals surface area contributed by atoms with Crippen molar-refractivity contribution in [2.45, 2.75) is 56.8 Å². The molecule has 46 heavy (non-hydrogen) atoms. The van der Waals surface area contributed by atoms with Gasteiger partial charge in [0.1, 0.15) is 38.5 Å². The molecule has 1 aromatic heterocycles. The number of carbonyl (C=O) groups excluding carboxylic acids is 3. The van der Waals surface area contributed by atoms with Crippen molar-refractivity contribution >= 4 is 67.9 Å². The van der Waals surface area contributed by atoms with Crippen LogP contribution in [-0.2, 0) is 37.2 Å². The second kappa shape index (κ2) is 19.0. The van der Waals surface area contributed by atoms with E-state index in [1.165, 1.54) is 17.4 Å². The number of halogens is 2. The minimum absolute atomic E-state index is 0.0441.